The minimum atomic E-state index is -0.549. The van der Waals surface area contributed by atoms with Crippen molar-refractivity contribution in [1.82, 2.24) is 19.4 Å². The Morgan fingerprint density at radius 3 is 2.33 bits per heavy atom. The van der Waals surface area contributed by atoms with Crippen LogP contribution in [-0.2, 0) is 29.7 Å². The van der Waals surface area contributed by atoms with Crippen molar-refractivity contribution in [1.29, 1.82) is 0 Å². The predicted octanol–water partition coefficient (Wildman–Crippen LogP) is 0.113. The number of morpholine rings is 1. The molecule has 0 spiro atoms. The van der Waals surface area contributed by atoms with Crippen LogP contribution in [0.5, 0.6) is 0 Å². The van der Waals surface area contributed by atoms with Gasteiger partial charge in [0.1, 0.15) is 6.54 Å². The molecule has 9 nitrogen and oxygen atoms in total. The first kappa shape index (κ1) is 21.5. The lowest BCUT2D eigenvalue weighted by Gasteiger charge is -2.35. The van der Waals surface area contributed by atoms with Gasteiger partial charge in [0.05, 0.1) is 12.2 Å². The topological polar surface area (TPSA) is 103 Å². The first-order valence-corrected chi connectivity index (χ1v) is 9.81. The molecule has 0 aliphatic carbocycles. The smallest absolute Gasteiger partial charge is 0.331 e. The molecule has 3 rings (SSSR count). The predicted molar refractivity (Wildman–Crippen MR) is 110 cm³/mol. The fraction of sp³-hybridized carbons (Fsp3) is 0.429. The standard InChI is InChI=1S/C21H26N4O5/c1-14-11-25(12-15(2)30-14)20(28)17-6-4-16(5-7-17)10-22-18(26)13-24-9-8-19(27)23(3)21(24)29/h4-9,14-15H,10-13H2,1-3H3,(H,22,26). The van der Waals surface area contributed by atoms with Crippen molar-refractivity contribution in [3.05, 3.63) is 68.5 Å². The van der Waals surface area contributed by atoms with Crippen LogP contribution in [0, 0.1) is 0 Å². The summed E-state index contributed by atoms with van der Waals surface area (Å²) in [6, 6.07) is 8.30. The van der Waals surface area contributed by atoms with Gasteiger partial charge < -0.3 is 15.0 Å². The summed E-state index contributed by atoms with van der Waals surface area (Å²) in [7, 11) is 1.36. The summed E-state index contributed by atoms with van der Waals surface area (Å²) < 4.78 is 7.78. The summed E-state index contributed by atoms with van der Waals surface area (Å²) in [5.74, 6) is -0.395. The van der Waals surface area contributed by atoms with Crippen LogP contribution < -0.4 is 16.6 Å². The summed E-state index contributed by atoms with van der Waals surface area (Å²) in [4.78, 5) is 50.0. The van der Waals surface area contributed by atoms with E-state index in [9.17, 15) is 19.2 Å². The van der Waals surface area contributed by atoms with Gasteiger partial charge in [0.15, 0.2) is 0 Å². The molecule has 2 amide bonds. The maximum Gasteiger partial charge on any atom is 0.331 e. The fourth-order valence-corrected chi connectivity index (χ4v) is 3.44. The van der Waals surface area contributed by atoms with E-state index in [0.717, 1.165) is 10.1 Å². The molecule has 1 aromatic heterocycles. The van der Waals surface area contributed by atoms with Gasteiger partial charge >= 0.3 is 5.69 Å². The molecule has 1 aliphatic rings. The van der Waals surface area contributed by atoms with E-state index in [-0.39, 0.29) is 37.1 Å². The van der Waals surface area contributed by atoms with Crippen molar-refractivity contribution >= 4 is 11.8 Å². The van der Waals surface area contributed by atoms with Crippen LogP contribution in [0.25, 0.3) is 0 Å². The molecule has 9 heteroatoms. The van der Waals surface area contributed by atoms with Crippen LogP contribution in [0.1, 0.15) is 29.8 Å². The molecule has 0 saturated carbocycles. The van der Waals surface area contributed by atoms with Gasteiger partial charge in [-0.2, -0.15) is 0 Å². The third-order valence-electron chi connectivity index (χ3n) is 4.97. The maximum absolute atomic E-state index is 12.7. The Kier molecular flexibility index (Phi) is 6.51. The number of amides is 2. The number of rotatable bonds is 5. The van der Waals surface area contributed by atoms with Crippen LogP contribution in [0.15, 0.2) is 46.1 Å². The zero-order chi connectivity index (χ0) is 21.8. The van der Waals surface area contributed by atoms with Crippen LogP contribution >= 0.6 is 0 Å². The highest BCUT2D eigenvalue weighted by Crippen LogP contribution is 2.15. The second kappa shape index (κ2) is 9.08. The quantitative estimate of drug-likeness (QED) is 0.748. The highest BCUT2D eigenvalue weighted by Gasteiger charge is 2.26. The van der Waals surface area contributed by atoms with E-state index in [2.05, 4.69) is 5.32 Å². The first-order valence-electron chi connectivity index (χ1n) is 9.81. The molecule has 2 unspecified atom stereocenters. The number of benzene rings is 1. The fourth-order valence-electron chi connectivity index (χ4n) is 3.44. The monoisotopic (exact) mass is 414 g/mol. The molecule has 1 aliphatic heterocycles. The molecular formula is C21H26N4O5. The van der Waals surface area contributed by atoms with Crippen LogP contribution in [0.3, 0.4) is 0 Å². The van der Waals surface area contributed by atoms with E-state index < -0.39 is 11.2 Å². The van der Waals surface area contributed by atoms with E-state index in [4.69, 9.17) is 4.74 Å². The molecule has 2 heterocycles. The van der Waals surface area contributed by atoms with Gasteiger partial charge in [-0.25, -0.2) is 4.79 Å². The Balaban J connectivity index is 1.56. The number of nitrogens with one attached hydrogen (secondary N) is 1. The number of carbonyl (C=O) groups is 2. The number of ether oxygens (including phenoxy) is 1. The molecule has 0 bridgehead atoms. The Bertz CT molecular complexity index is 1030. The summed E-state index contributed by atoms with van der Waals surface area (Å²) in [6.45, 7) is 5.10. The Morgan fingerprint density at radius 2 is 1.70 bits per heavy atom. The average molecular weight is 414 g/mol. The number of nitrogens with zero attached hydrogens (tertiary/aromatic N) is 3. The summed E-state index contributed by atoms with van der Waals surface area (Å²) >= 11 is 0. The lowest BCUT2D eigenvalue weighted by atomic mass is 10.1. The van der Waals surface area contributed by atoms with Crippen molar-refractivity contribution in [2.75, 3.05) is 13.1 Å². The third kappa shape index (κ3) is 5.04. The van der Waals surface area contributed by atoms with E-state index in [1.54, 1.807) is 29.2 Å². The van der Waals surface area contributed by atoms with Gasteiger partial charge in [0, 0.05) is 44.5 Å². The van der Waals surface area contributed by atoms with Crippen molar-refractivity contribution in [3.8, 4) is 0 Å². The van der Waals surface area contributed by atoms with Gasteiger partial charge in [0.25, 0.3) is 11.5 Å². The number of hydrogen-bond donors (Lipinski definition) is 1. The molecule has 30 heavy (non-hydrogen) atoms. The van der Waals surface area contributed by atoms with Gasteiger partial charge in [-0.1, -0.05) is 12.1 Å². The summed E-state index contributed by atoms with van der Waals surface area (Å²) in [5, 5.41) is 2.73. The molecule has 1 fully saturated rings. The van der Waals surface area contributed by atoms with Crippen molar-refractivity contribution in [3.63, 3.8) is 0 Å². The lowest BCUT2D eigenvalue weighted by molar-refractivity contribution is -0.121. The van der Waals surface area contributed by atoms with Gasteiger partial charge in [-0.15, -0.1) is 0 Å². The number of aromatic nitrogens is 2. The Hall–Kier alpha value is -3.20. The third-order valence-corrected chi connectivity index (χ3v) is 4.97. The minimum Gasteiger partial charge on any atom is -0.372 e. The maximum atomic E-state index is 12.7. The molecular weight excluding hydrogens is 388 g/mol. The average Bonchev–Trinajstić information content (AvgIpc) is 2.72. The SMILES string of the molecule is CC1CN(C(=O)c2ccc(CNC(=O)Cn3ccc(=O)n(C)c3=O)cc2)CC(C)O1. The number of carbonyl (C=O) groups excluding carboxylic acids is 2. The summed E-state index contributed by atoms with van der Waals surface area (Å²) in [6.07, 6.45) is 1.32. The van der Waals surface area contributed by atoms with Crippen LogP contribution in [0.2, 0.25) is 0 Å². The van der Waals surface area contributed by atoms with Gasteiger partial charge in [0.2, 0.25) is 5.91 Å². The highest BCUT2D eigenvalue weighted by atomic mass is 16.5. The summed E-state index contributed by atoms with van der Waals surface area (Å²) in [5.41, 5.74) is 0.444. The zero-order valence-electron chi connectivity index (χ0n) is 17.3. The molecule has 2 aromatic rings. The normalized spacial score (nSPS) is 18.8. The second-order valence-electron chi connectivity index (χ2n) is 7.56. The van der Waals surface area contributed by atoms with Crippen molar-refractivity contribution < 1.29 is 14.3 Å². The van der Waals surface area contributed by atoms with E-state index in [1.807, 2.05) is 13.8 Å². The minimum absolute atomic E-state index is 0.00623. The van der Waals surface area contributed by atoms with Gasteiger partial charge in [-0.3, -0.25) is 23.5 Å². The van der Waals surface area contributed by atoms with Crippen molar-refractivity contribution in [2.24, 2.45) is 7.05 Å². The first-order chi connectivity index (χ1) is 14.2. The molecule has 1 aromatic carbocycles. The molecule has 1 N–H and O–H groups in total. The van der Waals surface area contributed by atoms with Crippen molar-refractivity contribution in [2.45, 2.75) is 39.1 Å². The van der Waals surface area contributed by atoms with E-state index in [0.29, 0.717) is 18.7 Å². The Labute approximate surface area is 173 Å². The molecule has 0 radical (unpaired) electrons. The number of hydrogen-bond acceptors (Lipinski definition) is 5. The largest absolute Gasteiger partial charge is 0.372 e. The Morgan fingerprint density at radius 1 is 1.07 bits per heavy atom. The van der Waals surface area contributed by atoms with Crippen LogP contribution in [0.4, 0.5) is 0 Å². The zero-order valence-corrected chi connectivity index (χ0v) is 17.3. The van der Waals surface area contributed by atoms with Crippen LogP contribution in [-0.4, -0.2) is 51.1 Å². The second-order valence-corrected chi connectivity index (χ2v) is 7.56. The molecule has 1 saturated heterocycles. The highest BCUT2D eigenvalue weighted by molar-refractivity contribution is 5.94. The molecule has 2 atom stereocenters. The van der Waals surface area contributed by atoms with E-state index in [1.165, 1.54) is 23.9 Å². The van der Waals surface area contributed by atoms with Gasteiger partial charge in [-0.05, 0) is 31.5 Å². The molecule has 160 valence electrons. The van der Waals surface area contributed by atoms with E-state index >= 15 is 0 Å². The lowest BCUT2D eigenvalue weighted by Crippen LogP contribution is -2.48.